The van der Waals surface area contributed by atoms with Gasteiger partial charge in [-0.15, -0.1) is 0 Å². The van der Waals surface area contributed by atoms with Crippen molar-refractivity contribution < 1.29 is 19.1 Å². The van der Waals surface area contributed by atoms with E-state index in [1.54, 1.807) is 24.3 Å². The number of carbonyl (C=O) groups is 2. The van der Waals surface area contributed by atoms with Crippen molar-refractivity contribution in [1.82, 2.24) is 0 Å². The van der Waals surface area contributed by atoms with Gasteiger partial charge < -0.3 is 9.47 Å². The molecule has 0 saturated heterocycles. The molecule has 4 nitrogen and oxygen atoms in total. The molecule has 0 heterocycles. The first-order chi connectivity index (χ1) is 14.1. The lowest BCUT2D eigenvalue weighted by molar-refractivity contribution is -0.0134. The van der Waals surface area contributed by atoms with Crippen LogP contribution in [0.2, 0.25) is 0 Å². The van der Waals surface area contributed by atoms with Gasteiger partial charge >= 0.3 is 11.9 Å². The Bertz CT molecular complexity index is 684. The van der Waals surface area contributed by atoms with Crippen molar-refractivity contribution in [2.45, 2.75) is 52.4 Å². The zero-order chi connectivity index (χ0) is 21.0. The van der Waals surface area contributed by atoms with E-state index in [0.717, 1.165) is 38.5 Å². The van der Waals surface area contributed by atoms with Crippen molar-refractivity contribution in [2.24, 2.45) is 5.41 Å². The van der Waals surface area contributed by atoms with Crippen molar-refractivity contribution in [2.75, 3.05) is 13.2 Å². The third-order valence-electron chi connectivity index (χ3n) is 5.13. The van der Waals surface area contributed by atoms with Gasteiger partial charge in [0.25, 0.3) is 0 Å². The lowest BCUT2D eigenvalue weighted by Crippen LogP contribution is -2.34. The minimum atomic E-state index is -0.362. The van der Waals surface area contributed by atoms with Crippen LogP contribution in [0.4, 0.5) is 0 Å². The van der Waals surface area contributed by atoms with Gasteiger partial charge in [-0.2, -0.15) is 0 Å². The maximum Gasteiger partial charge on any atom is 0.338 e. The highest BCUT2D eigenvalue weighted by Gasteiger charge is 2.33. The lowest BCUT2D eigenvalue weighted by atomic mass is 9.80. The molecule has 0 aliphatic heterocycles. The summed E-state index contributed by atoms with van der Waals surface area (Å²) >= 11 is 0. The summed E-state index contributed by atoms with van der Waals surface area (Å²) in [6.45, 7) is 4.76. The predicted octanol–water partition coefficient (Wildman–Crippen LogP) is 6.07. The van der Waals surface area contributed by atoms with E-state index in [0.29, 0.717) is 11.1 Å². The molecule has 0 spiro atoms. The summed E-state index contributed by atoms with van der Waals surface area (Å²) in [4.78, 5) is 24.9. The Morgan fingerprint density at radius 2 is 1.17 bits per heavy atom. The fraction of sp³-hybridized carbons (Fsp3) is 0.440. The predicted molar refractivity (Wildman–Crippen MR) is 115 cm³/mol. The van der Waals surface area contributed by atoms with E-state index in [-0.39, 0.29) is 30.6 Å². The molecule has 0 amide bonds. The normalized spacial score (nSPS) is 11.1. The zero-order valence-electron chi connectivity index (χ0n) is 17.6. The molecule has 2 aromatic carbocycles. The average Bonchev–Trinajstić information content (AvgIpc) is 2.77. The third-order valence-corrected chi connectivity index (χ3v) is 5.13. The van der Waals surface area contributed by atoms with Crippen molar-refractivity contribution in [3.63, 3.8) is 0 Å². The van der Waals surface area contributed by atoms with Gasteiger partial charge in [-0.25, -0.2) is 9.59 Å². The fourth-order valence-electron chi connectivity index (χ4n) is 3.49. The van der Waals surface area contributed by atoms with Gasteiger partial charge in [-0.3, -0.25) is 0 Å². The number of benzene rings is 2. The van der Waals surface area contributed by atoms with Gasteiger partial charge in [0.05, 0.1) is 11.1 Å². The molecule has 0 aliphatic carbocycles. The van der Waals surface area contributed by atoms with Crippen LogP contribution in [-0.2, 0) is 9.47 Å². The van der Waals surface area contributed by atoms with E-state index < -0.39 is 0 Å². The quantitative estimate of drug-likeness (QED) is 0.323. The van der Waals surface area contributed by atoms with Crippen LogP contribution >= 0.6 is 0 Å². The van der Waals surface area contributed by atoms with Gasteiger partial charge in [-0.05, 0) is 37.1 Å². The maximum absolute atomic E-state index is 12.5. The molecule has 0 saturated carbocycles. The Hall–Kier alpha value is -2.62. The van der Waals surface area contributed by atoms with E-state index in [9.17, 15) is 9.59 Å². The minimum absolute atomic E-state index is 0.250. The Labute approximate surface area is 174 Å². The molecular formula is C25H32O4. The molecule has 29 heavy (non-hydrogen) atoms. The van der Waals surface area contributed by atoms with Crippen LogP contribution in [0.1, 0.15) is 73.1 Å². The maximum atomic E-state index is 12.5. The SMILES string of the molecule is CCCCCC(CCC)(COC(=O)c1ccccc1)COC(=O)c1ccccc1. The summed E-state index contributed by atoms with van der Waals surface area (Å²) in [5.41, 5.74) is 0.708. The largest absolute Gasteiger partial charge is 0.461 e. The molecule has 4 heteroatoms. The smallest absolute Gasteiger partial charge is 0.338 e. The zero-order valence-corrected chi connectivity index (χ0v) is 17.6. The summed E-state index contributed by atoms with van der Waals surface area (Å²) in [6.07, 6.45) is 5.85. The van der Waals surface area contributed by atoms with E-state index in [1.165, 1.54) is 0 Å². The topological polar surface area (TPSA) is 52.6 Å². The first-order valence-electron chi connectivity index (χ1n) is 10.5. The average molecular weight is 397 g/mol. The highest BCUT2D eigenvalue weighted by Crippen LogP contribution is 2.32. The lowest BCUT2D eigenvalue weighted by Gasteiger charge is -2.32. The molecule has 156 valence electrons. The summed E-state index contributed by atoms with van der Waals surface area (Å²) in [5.74, 6) is -0.674. The Morgan fingerprint density at radius 1 is 0.690 bits per heavy atom. The van der Waals surface area contributed by atoms with E-state index in [2.05, 4.69) is 13.8 Å². The molecule has 0 fully saturated rings. The number of unbranched alkanes of at least 4 members (excludes halogenated alkanes) is 2. The van der Waals surface area contributed by atoms with Crippen LogP contribution in [0.25, 0.3) is 0 Å². The monoisotopic (exact) mass is 396 g/mol. The molecule has 2 rings (SSSR count). The molecular weight excluding hydrogens is 364 g/mol. The van der Waals surface area contributed by atoms with E-state index in [4.69, 9.17) is 9.47 Å². The van der Waals surface area contributed by atoms with Crippen molar-refractivity contribution in [1.29, 1.82) is 0 Å². The number of rotatable bonds is 12. The Balaban J connectivity index is 2.08. The highest BCUT2D eigenvalue weighted by atomic mass is 16.5. The van der Waals surface area contributed by atoms with Crippen LogP contribution < -0.4 is 0 Å². The van der Waals surface area contributed by atoms with E-state index in [1.807, 2.05) is 36.4 Å². The summed E-state index contributed by atoms with van der Waals surface area (Å²) < 4.78 is 11.4. The molecule has 0 aliphatic rings. The summed E-state index contributed by atoms with van der Waals surface area (Å²) in [5, 5.41) is 0. The molecule has 2 aromatic rings. The highest BCUT2D eigenvalue weighted by molar-refractivity contribution is 5.89. The number of esters is 2. The molecule has 0 atom stereocenters. The second kappa shape index (κ2) is 12.1. The second-order valence-corrected chi connectivity index (χ2v) is 7.59. The molecule has 0 bridgehead atoms. The minimum Gasteiger partial charge on any atom is -0.461 e. The summed E-state index contributed by atoms with van der Waals surface area (Å²) in [7, 11) is 0. The first-order valence-corrected chi connectivity index (χ1v) is 10.5. The third kappa shape index (κ3) is 7.37. The van der Waals surface area contributed by atoms with Crippen LogP contribution in [0.5, 0.6) is 0 Å². The number of ether oxygens (including phenoxy) is 2. The van der Waals surface area contributed by atoms with Gasteiger partial charge in [0.1, 0.15) is 13.2 Å². The second-order valence-electron chi connectivity index (χ2n) is 7.59. The van der Waals surface area contributed by atoms with Crippen molar-refractivity contribution in [3.8, 4) is 0 Å². The van der Waals surface area contributed by atoms with Crippen LogP contribution in [-0.4, -0.2) is 25.2 Å². The Kier molecular flexibility index (Phi) is 9.42. The fourth-order valence-corrected chi connectivity index (χ4v) is 3.49. The van der Waals surface area contributed by atoms with Gasteiger partial charge in [-0.1, -0.05) is 75.9 Å². The van der Waals surface area contributed by atoms with Crippen LogP contribution in [0, 0.1) is 5.41 Å². The van der Waals surface area contributed by atoms with Crippen LogP contribution in [0.3, 0.4) is 0 Å². The van der Waals surface area contributed by atoms with Crippen LogP contribution in [0.15, 0.2) is 60.7 Å². The molecule has 0 aromatic heterocycles. The number of carbonyl (C=O) groups excluding carboxylic acids is 2. The van der Waals surface area contributed by atoms with Gasteiger partial charge in [0.15, 0.2) is 0 Å². The standard InChI is InChI=1S/C25H32O4/c1-3-5-12-18-25(17-4-2,19-28-23(26)21-13-8-6-9-14-21)20-29-24(27)22-15-10-7-11-16-22/h6-11,13-16H,3-5,12,17-20H2,1-2H3. The first kappa shape index (κ1) is 22.7. The van der Waals surface area contributed by atoms with Crippen molar-refractivity contribution in [3.05, 3.63) is 71.8 Å². The number of hydrogen-bond acceptors (Lipinski definition) is 4. The van der Waals surface area contributed by atoms with E-state index >= 15 is 0 Å². The molecule has 0 N–H and O–H groups in total. The summed E-state index contributed by atoms with van der Waals surface area (Å²) in [6, 6.07) is 18.0. The van der Waals surface area contributed by atoms with Crippen molar-refractivity contribution >= 4 is 11.9 Å². The molecule has 0 unspecified atom stereocenters. The molecule has 0 radical (unpaired) electrons. The number of hydrogen-bond donors (Lipinski definition) is 0. The van der Waals surface area contributed by atoms with Gasteiger partial charge in [0, 0.05) is 5.41 Å². The van der Waals surface area contributed by atoms with Gasteiger partial charge in [0.2, 0.25) is 0 Å². The Morgan fingerprint density at radius 3 is 1.59 bits per heavy atom.